The molecule has 1 aliphatic rings. The summed E-state index contributed by atoms with van der Waals surface area (Å²) in [4.78, 5) is 48.4. The van der Waals surface area contributed by atoms with Crippen LogP contribution in [0.1, 0.15) is 34.6 Å². The Morgan fingerprint density at radius 3 is 2.69 bits per heavy atom. The first-order valence-electron chi connectivity index (χ1n) is 9.05. The SMILES string of the molecule is Cc1nn(CC(=O)OCC(=O)c2cccc(N3CCCC3=O)c2)c(C)c1[N+](=O)[O-]. The molecule has 0 spiro atoms. The summed E-state index contributed by atoms with van der Waals surface area (Å²) in [6.07, 6.45) is 1.26. The van der Waals surface area contributed by atoms with E-state index in [1.807, 2.05) is 0 Å². The van der Waals surface area contributed by atoms with Crippen molar-refractivity contribution in [1.29, 1.82) is 0 Å². The first-order chi connectivity index (χ1) is 13.8. The first kappa shape index (κ1) is 20.2. The largest absolute Gasteiger partial charge is 0.456 e. The van der Waals surface area contributed by atoms with Gasteiger partial charge in [0.2, 0.25) is 5.91 Å². The number of nitrogens with zero attached hydrogens (tertiary/aromatic N) is 4. The molecule has 1 saturated heterocycles. The molecule has 1 amide bonds. The lowest BCUT2D eigenvalue weighted by atomic mass is 10.1. The van der Waals surface area contributed by atoms with E-state index in [0.29, 0.717) is 24.2 Å². The number of nitro groups is 1. The Balaban J connectivity index is 1.61. The number of aromatic nitrogens is 2. The van der Waals surface area contributed by atoms with Gasteiger partial charge in [-0.15, -0.1) is 0 Å². The second-order valence-electron chi connectivity index (χ2n) is 6.72. The highest BCUT2D eigenvalue weighted by Crippen LogP contribution is 2.23. The molecule has 0 aliphatic carbocycles. The summed E-state index contributed by atoms with van der Waals surface area (Å²) in [7, 11) is 0. The topological polar surface area (TPSA) is 125 Å². The van der Waals surface area contributed by atoms with Gasteiger partial charge in [0.25, 0.3) is 0 Å². The molecule has 2 heterocycles. The molecule has 10 nitrogen and oxygen atoms in total. The van der Waals surface area contributed by atoms with E-state index in [9.17, 15) is 24.5 Å². The third kappa shape index (κ3) is 4.31. The molecule has 1 aliphatic heterocycles. The lowest BCUT2D eigenvalue weighted by molar-refractivity contribution is -0.386. The number of ketones is 1. The molecule has 29 heavy (non-hydrogen) atoms. The van der Waals surface area contributed by atoms with Gasteiger partial charge in [-0.2, -0.15) is 5.10 Å². The summed E-state index contributed by atoms with van der Waals surface area (Å²) in [5, 5.41) is 15.0. The van der Waals surface area contributed by atoms with Crippen molar-refractivity contribution in [2.45, 2.75) is 33.2 Å². The predicted octanol–water partition coefficient (Wildman–Crippen LogP) is 1.96. The van der Waals surface area contributed by atoms with Crippen molar-refractivity contribution in [2.24, 2.45) is 0 Å². The van der Waals surface area contributed by atoms with E-state index in [1.54, 1.807) is 29.2 Å². The van der Waals surface area contributed by atoms with Crippen LogP contribution in [0.15, 0.2) is 24.3 Å². The lowest BCUT2D eigenvalue weighted by Gasteiger charge is -2.16. The van der Waals surface area contributed by atoms with E-state index in [4.69, 9.17) is 4.74 Å². The van der Waals surface area contributed by atoms with Crippen LogP contribution in [-0.4, -0.2) is 45.5 Å². The van der Waals surface area contributed by atoms with Gasteiger partial charge in [-0.3, -0.25) is 29.2 Å². The number of hydrogen-bond acceptors (Lipinski definition) is 7. The fourth-order valence-electron chi connectivity index (χ4n) is 3.27. The zero-order valence-corrected chi connectivity index (χ0v) is 16.1. The number of carbonyl (C=O) groups excluding carboxylic acids is 3. The monoisotopic (exact) mass is 400 g/mol. The molecule has 0 atom stereocenters. The minimum atomic E-state index is -0.732. The number of anilines is 1. The number of esters is 1. The van der Waals surface area contributed by atoms with E-state index >= 15 is 0 Å². The summed E-state index contributed by atoms with van der Waals surface area (Å²) >= 11 is 0. The number of rotatable bonds is 7. The molecule has 3 rings (SSSR count). The van der Waals surface area contributed by atoms with Crippen LogP contribution in [0.25, 0.3) is 0 Å². The van der Waals surface area contributed by atoms with Crippen molar-refractivity contribution in [3.8, 4) is 0 Å². The Morgan fingerprint density at radius 2 is 2.07 bits per heavy atom. The third-order valence-corrected chi connectivity index (χ3v) is 4.72. The highest BCUT2D eigenvalue weighted by atomic mass is 16.6. The van der Waals surface area contributed by atoms with Crippen molar-refractivity contribution in [1.82, 2.24) is 9.78 Å². The average molecular weight is 400 g/mol. The van der Waals surface area contributed by atoms with Gasteiger partial charge in [-0.05, 0) is 32.4 Å². The highest BCUT2D eigenvalue weighted by molar-refractivity contribution is 6.01. The molecular weight excluding hydrogens is 380 g/mol. The maximum Gasteiger partial charge on any atom is 0.328 e. The number of aryl methyl sites for hydroxylation is 1. The maximum absolute atomic E-state index is 12.4. The Bertz CT molecular complexity index is 997. The molecular formula is C19H20N4O6. The standard InChI is InChI=1S/C19H20N4O6/c1-12-19(23(27)28)13(2)22(20-12)10-18(26)29-11-16(24)14-5-3-6-15(9-14)21-8-4-7-17(21)25/h3,5-6,9H,4,7-8,10-11H2,1-2H3. The molecule has 1 aromatic carbocycles. The van der Waals surface area contributed by atoms with Gasteiger partial charge >= 0.3 is 11.7 Å². The van der Waals surface area contributed by atoms with Crippen molar-refractivity contribution in [3.63, 3.8) is 0 Å². The van der Waals surface area contributed by atoms with Gasteiger partial charge in [-0.25, -0.2) is 0 Å². The first-order valence-corrected chi connectivity index (χ1v) is 9.05. The molecule has 152 valence electrons. The second-order valence-corrected chi connectivity index (χ2v) is 6.72. The molecule has 0 N–H and O–H groups in total. The van der Waals surface area contributed by atoms with E-state index in [-0.39, 0.29) is 29.5 Å². The summed E-state index contributed by atoms with van der Waals surface area (Å²) < 4.78 is 6.19. The highest BCUT2D eigenvalue weighted by Gasteiger charge is 2.24. The van der Waals surface area contributed by atoms with Crippen LogP contribution < -0.4 is 4.90 Å². The molecule has 0 saturated carbocycles. The second kappa shape index (κ2) is 8.21. The number of Topliss-reactive ketones (excluding diaryl/α,β-unsaturated/α-hetero) is 1. The number of ether oxygens (including phenoxy) is 1. The van der Waals surface area contributed by atoms with Crippen molar-refractivity contribution in [3.05, 3.63) is 51.3 Å². The quantitative estimate of drug-likeness (QED) is 0.301. The van der Waals surface area contributed by atoms with Crippen molar-refractivity contribution >= 4 is 29.0 Å². The van der Waals surface area contributed by atoms with Crippen LogP contribution in [0.3, 0.4) is 0 Å². The zero-order valence-electron chi connectivity index (χ0n) is 16.1. The van der Waals surface area contributed by atoms with Crippen LogP contribution in [0, 0.1) is 24.0 Å². The minimum absolute atomic E-state index is 0.0139. The van der Waals surface area contributed by atoms with Crippen LogP contribution >= 0.6 is 0 Å². The van der Waals surface area contributed by atoms with E-state index in [0.717, 1.165) is 6.42 Å². The van der Waals surface area contributed by atoms with E-state index in [1.165, 1.54) is 18.5 Å². The smallest absolute Gasteiger partial charge is 0.328 e. The third-order valence-electron chi connectivity index (χ3n) is 4.72. The molecule has 10 heteroatoms. The number of hydrogen-bond donors (Lipinski definition) is 0. The van der Waals surface area contributed by atoms with E-state index in [2.05, 4.69) is 5.10 Å². The Kier molecular flexibility index (Phi) is 5.71. The van der Waals surface area contributed by atoms with Gasteiger partial charge in [0, 0.05) is 24.2 Å². The van der Waals surface area contributed by atoms with Crippen LogP contribution in [0.4, 0.5) is 11.4 Å². The molecule has 0 unspecified atom stereocenters. The van der Waals surface area contributed by atoms with Crippen molar-refractivity contribution in [2.75, 3.05) is 18.1 Å². The number of benzene rings is 1. The van der Waals surface area contributed by atoms with E-state index < -0.39 is 23.3 Å². The van der Waals surface area contributed by atoms with Crippen molar-refractivity contribution < 1.29 is 24.0 Å². The van der Waals surface area contributed by atoms with Gasteiger partial charge in [0.1, 0.15) is 17.9 Å². The van der Waals surface area contributed by atoms with Gasteiger partial charge < -0.3 is 9.64 Å². The molecule has 1 aromatic heterocycles. The normalized spacial score (nSPS) is 13.6. The molecule has 1 fully saturated rings. The summed E-state index contributed by atoms with van der Waals surface area (Å²) in [6, 6.07) is 6.61. The van der Waals surface area contributed by atoms with Gasteiger partial charge in [-0.1, -0.05) is 12.1 Å². The summed E-state index contributed by atoms with van der Waals surface area (Å²) in [6.45, 7) is 2.77. The Morgan fingerprint density at radius 1 is 1.31 bits per heavy atom. The van der Waals surface area contributed by atoms with Crippen LogP contribution in [0.5, 0.6) is 0 Å². The van der Waals surface area contributed by atoms with Gasteiger partial charge in [0.15, 0.2) is 12.4 Å². The molecule has 0 radical (unpaired) electrons. The number of carbonyl (C=O) groups is 3. The zero-order chi connectivity index (χ0) is 21.1. The fraction of sp³-hybridized carbons (Fsp3) is 0.368. The number of amides is 1. The average Bonchev–Trinajstić information content (AvgIpc) is 3.22. The Hall–Kier alpha value is -3.56. The van der Waals surface area contributed by atoms with Gasteiger partial charge in [0.05, 0.1) is 4.92 Å². The maximum atomic E-state index is 12.4. The summed E-state index contributed by atoms with van der Waals surface area (Å²) in [5.74, 6) is -1.13. The lowest BCUT2D eigenvalue weighted by Crippen LogP contribution is -2.24. The predicted molar refractivity (Wildman–Crippen MR) is 102 cm³/mol. The van der Waals surface area contributed by atoms with Crippen LogP contribution in [-0.2, 0) is 20.9 Å². The Labute approximate surface area is 166 Å². The minimum Gasteiger partial charge on any atom is -0.456 e. The fourth-order valence-corrected chi connectivity index (χ4v) is 3.27. The van der Waals surface area contributed by atoms with Crippen LogP contribution in [0.2, 0.25) is 0 Å². The molecule has 0 bridgehead atoms. The molecule has 2 aromatic rings. The summed E-state index contributed by atoms with van der Waals surface area (Å²) in [5.41, 5.74) is 1.25.